The second-order valence-electron chi connectivity index (χ2n) is 9.10. The first-order valence-corrected chi connectivity index (χ1v) is 13.6. The largest absolute Gasteiger partial charge is 0.416 e. The maximum atomic E-state index is 14.4. The fourth-order valence-electron chi connectivity index (χ4n) is 4.24. The van der Waals surface area contributed by atoms with E-state index < -0.39 is 52.0 Å². The molecule has 0 aromatic heterocycles. The van der Waals surface area contributed by atoms with E-state index in [1.807, 2.05) is 0 Å². The third kappa shape index (κ3) is 7.43. The Morgan fingerprint density at radius 1 is 1.08 bits per heavy atom. The maximum absolute atomic E-state index is 14.4. The summed E-state index contributed by atoms with van der Waals surface area (Å²) < 4.78 is 79.7. The van der Waals surface area contributed by atoms with E-state index in [1.165, 1.54) is 25.1 Å². The number of hydrogen-bond acceptors (Lipinski definition) is 4. The van der Waals surface area contributed by atoms with Gasteiger partial charge in [-0.15, -0.1) is 0 Å². The molecule has 0 heterocycles. The van der Waals surface area contributed by atoms with Crippen molar-refractivity contribution in [2.24, 2.45) is 0 Å². The molecule has 0 unspecified atom stereocenters. The van der Waals surface area contributed by atoms with Gasteiger partial charge in [0.25, 0.3) is 0 Å². The summed E-state index contributed by atoms with van der Waals surface area (Å²) in [4.78, 5) is 27.5. The van der Waals surface area contributed by atoms with Gasteiger partial charge in [-0.25, -0.2) is 12.8 Å². The molecule has 2 amide bonds. The molecule has 0 saturated heterocycles. The van der Waals surface area contributed by atoms with Gasteiger partial charge < -0.3 is 10.2 Å². The first kappa shape index (κ1) is 28.4. The summed E-state index contributed by atoms with van der Waals surface area (Å²) in [5.41, 5.74) is -1.35. The Kier molecular flexibility index (Phi) is 8.83. The van der Waals surface area contributed by atoms with Crippen LogP contribution in [0.3, 0.4) is 0 Å². The number of benzene rings is 2. The molecular weight excluding hydrogens is 514 g/mol. The van der Waals surface area contributed by atoms with Crippen molar-refractivity contribution in [2.75, 3.05) is 17.1 Å². The Morgan fingerprint density at radius 3 is 2.32 bits per heavy atom. The van der Waals surface area contributed by atoms with Crippen molar-refractivity contribution in [2.45, 2.75) is 57.4 Å². The van der Waals surface area contributed by atoms with Crippen LogP contribution in [0.1, 0.15) is 43.7 Å². The highest BCUT2D eigenvalue weighted by molar-refractivity contribution is 7.92. The minimum Gasteiger partial charge on any atom is -0.352 e. The second-order valence-corrected chi connectivity index (χ2v) is 11.0. The molecule has 0 bridgehead atoms. The minimum atomic E-state index is -4.73. The molecule has 0 spiro atoms. The summed E-state index contributed by atoms with van der Waals surface area (Å²) in [5, 5.41) is 2.87. The summed E-state index contributed by atoms with van der Waals surface area (Å²) in [7, 11) is -4.21. The zero-order valence-corrected chi connectivity index (χ0v) is 21.3. The Labute approximate surface area is 213 Å². The molecule has 12 heteroatoms. The van der Waals surface area contributed by atoms with Gasteiger partial charge >= 0.3 is 6.18 Å². The van der Waals surface area contributed by atoms with Crippen LogP contribution in [0.5, 0.6) is 0 Å². The molecule has 1 aliphatic rings. The monoisotopic (exact) mass is 543 g/mol. The van der Waals surface area contributed by atoms with Gasteiger partial charge in [-0.1, -0.05) is 37.1 Å². The lowest BCUT2D eigenvalue weighted by Gasteiger charge is -2.32. The van der Waals surface area contributed by atoms with Gasteiger partial charge in [0.15, 0.2) is 0 Å². The number of carbonyl (C=O) groups excluding carboxylic acids is 2. The van der Waals surface area contributed by atoms with Gasteiger partial charge in [0.2, 0.25) is 21.8 Å². The minimum absolute atomic E-state index is 0.0574. The van der Waals surface area contributed by atoms with Crippen LogP contribution in [-0.2, 0) is 32.3 Å². The van der Waals surface area contributed by atoms with Crippen LogP contribution in [-0.4, -0.2) is 50.0 Å². The topological polar surface area (TPSA) is 86.8 Å². The third-order valence-corrected chi connectivity index (χ3v) is 7.45. The summed E-state index contributed by atoms with van der Waals surface area (Å²) in [6.45, 7) is 0.221. The lowest BCUT2D eigenvalue weighted by molar-refractivity contribution is -0.139. The summed E-state index contributed by atoms with van der Waals surface area (Å²) in [5.74, 6) is -1.98. The Balaban J connectivity index is 1.92. The molecular formula is C25H29F4N3O4S. The van der Waals surface area contributed by atoms with E-state index in [1.54, 1.807) is 6.07 Å². The smallest absolute Gasteiger partial charge is 0.352 e. The molecule has 0 aliphatic heterocycles. The van der Waals surface area contributed by atoms with Gasteiger partial charge in [0, 0.05) is 18.2 Å². The summed E-state index contributed by atoms with van der Waals surface area (Å²) >= 11 is 0. The van der Waals surface area contributed by atoms with Crippen molar-refractivity contribution in [1.29, 1.82) is 0 Å². The van der Waals surface area contributed by atoms with Gasteiger partial charge in [0.05, 0.1) is 17.5 Å². The Hall–Kier alpha value is -3.15. The number of amides is 2. The number of nitrogens with one attached hydrogen (secondary N) is 1. The van der Waals surface area contributed by atoms with E-state index in [-0.39, 0.29) is 23.8 Å². The average Bonchev–Trinajstić information content (AvgIpc) is 3.33. The molecule has 2 aromatic rings. The standard InChI is InChI=1S/C25H29F4N3O4S/c1-17(24(34)30-20-10-4-5-11-20)31(15-18-8-3-6-13-22(18)26)23(33)16-32(37(2,35)36)21-12-7-9-19(14-21)25(27,28)29/h3,6-9,12-14,17,20H,4-5,10-11,15-16H2,1-2H3,(H,30,34)/t17-/m1/s1. The number of sulfonamides is 1. The number of alkyl halides is 3. The average molecular weight is 544 g/mol. The quantitative estimate of drug-likeness (QED) is 0.483. The van der Waals surface area contributed by atoms with E-state index in [2.05, 4.69) is 5.32 Å². The van der Waals surface area contributed by atoms with Crippen molar-refractivity contribution in [3.8, 4) is 0 Å². The van der Waals surface area contributed by atoms with Crippen molar-refractivity contribution in [3.63, 3.8) is 0 Å². The molecule has 2 aromatic carbocycles. The number of anilines is 1. The first-order valence-electron chi connectivity index (χ1n) is 11.8. The number of rotatable bonds is 9. The number of hydrogen-bond donors (Lipinski definition) is 1. The van der Waals surface area contributed by atoms with Crippen molar-refractivity contribution in [1.82, 2.24) is 10.2 Å². The lowest BCUT2D eigenvalue weighted by Crippen LogP contribution is -2.52. The molecule has 1 atom stereocenters. The zero-order valence-electron chi connectivity index (χ0n) is 20.5. The highest BCUT2D eigenvalue weighted by Crippen LogP contribution is 2.32. The van der Waals surface area contributed by atoms with Crippen LogP contribution >= 0.6 is 0 Å². The fraction of sp³-hybridized carbons (Fsp3) is 0.440. The van der Waals surface area contributed by atoms with Crippen LogP contribution in [0.4, 0.5) is 23.2 Å². The zero-order chi connectivity index (χ0) is 27.4. The van der Waals surface area contributed by atoms with E-state index in [0.717, 1.165) is 55.0 Å². The number of carbonyl (C=O) groups is 2. The van der Waals surface area contributed by atoms with Gasteiger partial charge in [-0.05, 0) is 44.0 Å². The molecule has 202 valence electrons. The first-order chi connectivity index (χ1) is 17.3. The van der Waals surface area contributed by atoms with Gasteiger partial charge in [-0.2, -0.15) is 13.2 Å². The SMILES string of the molecule is C[C@H](C(=O)NC1CCCC1)N(Cc1ccccc1F)C(=O)CN(c1cccc(C(F)(F)F)c1)S(C)(=O)=O. The lowest BCUT2D eigenvalue weighted by atomic mass is 10.1. The predicted octanol–water partition coefficient (Wildman–Crippen LogP) is 4.09. The highest BCUT2D eigenvalue weighted by Gasteiger charge is 2.34. The molecule has 1 aliphatic carbocycles. The molecule has 1 N–H and O–H groups in total. The summed E-state index contributed by atoms with van der Waals surface area (Å²) in [6.07, 6.45) is -0.478. The van der Waals surface area contributed by atoms with E-state index in [4.69, 9.17) is 0 Å². The van der Waals surface area contributed by atoms with Crippen LogP contribution in [0.15, 0.2) is 48.5 Å². The number of halogens is 4. The van der Waals surface area contributed by atoms with Gasteiger partial charge in [-0.3, -0.25) is 13.9 Å². The second kappa shape index (κ2) is 11.5. The van der Waals surface area contributed by atoms with Crippen LogP contribution in [0, 0.1) is 5.82 Å². The van der Waals surface area contributed by atoms with E-state index in [9.17, 15) is 35.6 Å². The van der Waals surface area contributed by atoms with Crippen LogP contribution in [0.25, 0.3) is 0 Å². The molecule has 1 saturated carbocycles. The Bertz CT molecular complexity index is 1230. The van der Waals surface area contributed by atoms with Crippen molar-refractivity contribution >= 4 is 27.5 Å². The molecule has 7 nitrogen and oxygen atoms in total. The normalized spacial score (nSPS) is 15.3. The predicted molar refractivity (Wildman–Crippen MR) is 130 cm³/mol. The fourth-order valence-corrected chi connectivity index (χ4v) is 5.08. The van der Waals surface area contributed by atoms with Crippen LogP contribution < -0.4 is 9.62 Å². The number of nitrogens with zero attached hydrogens (tertiary/aromatic N) is 2. The van der Waals surface area contributed by atoms with E-state index >= 15 is 0 Å². The van der Waals surface area contributed by atoms with Crippen molar-refractivity contribution in [3.05, 3.63) is 65.5 Å². The van der Waals surface area contributed by atoms with Gasteiger partial charge in [0.1, 0.15) is 18.4 Å². The molecule has 0 radical (unpaired) electrons. The van der Waals surface area contributed by atoms with Crippen LogP contribution in [0.2, 0.25) is 0 Å². The third-order valence-electron chi connectivity index (χ3n) is 6.31. The Morgan fingerprint density at radius 2 is 1.73 bits per heavy atom. The van der Waals surface area contributed by atoms with Crippen molar-refractivity contribution < 1.29 is 35.6 Å². The summed E-state index contributed by atoms with van der Waals surface area (Å²) in [6, 6.07) is 8.06. The maximum Gasteiger partial charge on any atom is 0.416 e. The van der Waals surface area contributed by atoms with E-state index in [0.29, 0.717) is 10.4 Å². The molecule has 37 heavy (non-hydrogen) atoms. The molecule has 3 rings (SSSR count). The highest BCUT2D eigenvalue weighted by atomic mass is 32.2. The molecule has 1 fully saturated rings.